The molecule has 1 unspecified atom stereocenters. The fourth-order valence-electron chi connectivity index (χ4n) is 0.465. The third kappa shape index (κ3) is 1.80. The van der Waals surface area contributed by atoms with Crippen molar-refractivity contribution < 1.29 is 4.79 Å². The second-order valence-electron chi connectivity index (χ2n) is 1.45. The topological polar surface area (TPSA) is 17.1 Å². The molecule has 8 heavy (non-hydrogen) atoms. The Balaban J connectivity index is 2.35. The summed E-state index contributed by atoms with van der Waals surface area (Å²) in [5.41, 5.74) is 0. The van der Waals surface area contributed by atoms with Gasteiger partial charge in [-0.3, -0.25) is 4.79 Å². The van der Waals surface area contributed by atoms with Crippen LogP contribution >= 0.6 is 46.1 Å². The van der Waals surface area contributed by atoms with Gasteiger partial charge in [-0.15, -0.1) is 23.5 Å². The molecule has 1 aliphatic rings. The van der Waals surface area contributed by atoms with Gasteiger partial charge >= 0.3 is 0 Å². The molecule has 0 aromatic heterocycles. The van der Waals surface area contributed by atoms with Crippen LogP contribution < -0.4 is 0 Å². The minimum Gasteiger partial charge on any atom is -0.287 e. The SMILES string of the molecule is O=C(I)C1CSCS1. The summed E-state index contributed by atoms with van der Waals surface area (Å²) in [5.74, 6) is 1.02. The fourth-order valence-corrected chi connectivity index (χ4v) is 4.12. The van der Waals surface area contributed by atoms with Crippen LogP contribution in [0.15, 0.2) is 0 Å². The van der Waals surface area contributed by atoms with Crippen LogP contribution in [-0.2, 0) is 4.79 Å². The van der Waals surface area contributed by atoms with Gasteiger partial charge in [0, 0.05) is 33.4 Å². The molecular formula is C4H5IOS2. The van der Waals surface area contributed by atoms with Gasteiger partial charge in [-0.25, -0.2) is 0 Å². The maximum absolute atomic E-state index is 10.6. The molecule has 0 spiro atoms. The van der Waals surface area contributed by atoms with Crippen LogP contribution in [0, 0.1) is 0 Å². The maximum Gasteiger partial charge on any atom is 0.206 e. The predicted molar refractivity (Wildman–Crippen MR) is 47.7 cm³/mol. The van der Waals surface area contributed by atoms with Gasteiger partial charge < -0.3 is 0 Å². The van der Waals surface area contributed by atoms with E-state index in [9.17, 15) is 4.79 Å². The smallest absolute Gasteiger partial charge is 0.206 e. The van der Waals surface area contributed by atoms with Crippen molar-refractivity contribution in [2.75, 3.05) is 10.8 Å². The average Bonchev–Trinajstić information content (AvgIpc) is 2.12. The van der Waals surface area contributed by atoms with E-state index in [1.54, 1.807) is 11.8 Å². The van der Waals surface area contributed by atoms with E-state index >= 15 is 0 Å². The van der Waals surface area contributed by atoms with Gasteiger partial charge in [0.2, 0.25) is 3.79 Å². The first-order chi connectivity index (χ1) is 3.80. The Kier molecular flexibility index (Phi) is 2.99. The van der Waals surface area contributed by atoms with Crippen molar-refractivity contribution in [3.63, 3.8) is 0 Å². The molecule has 0 amide bonds. The van der Waals surface area contributed by atoms with E-state index in [1.807, 2.05) is 34.4 Å². The van der Waals surface area contributed by atoms with Crippen molar-refractivity contribution in [2.24, 2.45) is 0 Å². The van der Waals surface area contributed by atoms with Crippen LogP contribution in [-0.4, -0.2) is 19.9 Å². The number of carbonyl (C=O) groups excluding carboxylic acids is 1. The summed E-state index contributed by atoms with van der Waals surface area (Å²) in [5, 5.41) is 1.39. The summed E-state index contributed by atoms with van der Waals surface area (Å²) in [6, 6.07) is 0. The molecule has 0 aromatic rings. The van der Waals surface area contributed by atoms with Gasteiger partial charge in [0.1, 0.15) is 0 Å². The Hall–Kier alpha value is 1.10. The molecule has 0 aliphatic carbocycles. The highest BCUT2D eigenvalue weighted by Crippen LogP contribution is 2.30. The van der Waals surface area contributed by atoms with Crippen LogP contribution in [0.3, 0.4) is 0 Å². The third-order valence-electron chi connectivity index (χ3n) is 0.875. The summed E-state index contributed by atoms with van der Waals surface area (Å²) in [7, 11) is 0. The van der Waals surface area contributed by atoms with E-state index in [0.717, 1.165) is 10.8 Å². The highest BCUT2D eigenvalue weighted by molar-refractivity contribution is 14.1. The van der Waals surface area contributed by atoms with Crippen molar-refractivity contribution in [2.45, 2.75) is 5.25 Å². The second kappa shape index (κ2) is 3.31. The number of carbonyl (C=O) groups is 1. The van der Waals surface area contributed by atoms with Crippen LogP contribution in [0.4, 0.5) is 0 Å². The Morgan fingerprint density at radius 2 is 2.50 bits per heavy atom. The zero-order valence-corrected chi connectivity index (χ0v) is 7.88. The molecule has 1 nitrogen and oxygen atoms in total. The summed E-state index contributed by atoms with van der Waals surface area (Å²) < 4.78 is 0.303. The summed E-state index contributed by atoms with van der Waals surface area (Å²) in [6.45, 7) is 0. The Labute approximate surface area is 70.5 Å². The number of halogens is 1. The monoisotopic (exact) mass is 260 g/mol. The molecule has 1 aliphatic heterocycles. The summed E-state index contributed by atoms with van der Waals surface area (Å²) in [6.07, 6.45) is 0. The lowest BCUT2D eigenvalue weighted by Crippen LogP contribution is -2.08. The van der Waals surface area contributed by atoms with Gasteiger partial charge in [-0.1, -0.05) is 0 Å². The van der Waals surface area contributed by atoms with Crippen LogP contribution in [0.2, 0.25) is 0 Å². The Morgan fingerprint density at radius 3 is 2.75 bits per heavy atom. The lowest BCUT2D eigenvalue weighted by atomic mass is 10.5. The summed E-state index contributed by atoms with van der Waals surface area (Å²) >= 11 is 5.48. The molecule has 1 rings (SSSR count). The molecule has 46 valence electrons. The molecule has 1 atom stereocenters. The zero-order valence-electron chi connectivity index (χ0n) is 4.09. The van der Waals surface area contributed by atoms with Crippen molar-refractivity contribution in [1.82, 2.24) is 0 Å². The van der Waals surface area contributed by atoms with E-state index < -0.39 is 0 Å². The average molecular weight is 260 g/mol. The lowest BCUT2D eigenvalue weighted by molar-refractivity contribution is -0.108. The molecule has 1 fully saturated rings. The van der Waals surface area contributed by atoms with Gasteiger partial charge in [0.05, 0.1) is 5.25 Å². The van der Waals surface area contributed by atoms with Crippen LogP contribution in [0.1, 0.15) is 0 Å². The van der Waals surface area contributed by atoms with Crippen molar-refractivity contribution in [3.05, 3.63) is 0 Å². The first-order valence-electron chi connectivity index (χ1n) is 2.19. The Bertz CT molecular complexity index is 100. The van der Waals surface area contributed by atoms with E-state index in [0.29, 0.717) is 9.04 Å². The molecular weight excluding hydrogens is 255 g/mol. The number of hydrogen-bond donors (Lipinski definition) is 0. The first-order valence-corrected chi connectivity index (χ1v) is 5.47. The standard InChI is InChI=1S/C4H5IOS2/c5-4(6)3-1-7-2-8-3/h3H,1-2H2. The van der Waals surface area contributed by atoms with Crippen LogP contribution in [0.25, 0.3) is 0 Å². The molecule has 0 radical (unpaired) electrons. The first kappa shape index (κ1) is 7.21. The van der Waals surface area contributed by atoms with E-state index in [2.05, 4.69) is 0 Å². The summed E-state index contributed by atoms with van der Waals surface area (Å²) in [4.78, 5) is 10.6. The highest BCUT2D eigenvalue weighted by atomic mass is 127. The number of hydrogen-bond acceptors (Lipinski definition) is 3. The van der Waals surface area contributed by atoms with Crippen molar-refractivity contribution in [1.29, 1.82) is 0 Å². The highest BCUT2D eigenvalue weighted by Gasteiger charge is 2.20. The largest absolute Gasteiger partial charge is 0.287 e. The molecule has 1 heterocycles. The van der Waals surface area contributed by atoms with Gasteiger partial charge in [0.25, 0.3) is 0 Å². The van der Waals surface area contributed by atoms with Gasteiger partial charge in [-0.2, -0.15) is 0 Å². The zero-order chi connectivity index (χ0) is 5.98. The fraction of sp³-hybridized carbons (Fsp3) is 0.750. The molecule has 0 bridgehead atoms. The van der Waals surface area contributed by atoms with Gasteiger partial charge in [-0.05, 0) is 0 Å². The predicted octanol–water partition coefficient (Wildman–Crippen LogP) is 1.75. The minimum absolute atomic E-state index is 0.292. The quantitative estimate of drug-likeness (QED) is 0.528. The second-order valence-corrected chi connectivity index (χ2v) is 5.10. The van der Waals surface area contributed by atoms with Crippen LogP contribution in [0.5, 0.6) is 0 Å². The molecule has 4 heteroatoms. The normalized spacial score (nSPS) is 28.4. The number of thioether (sulfide) groups is 2. The molecule has 0 aromatic carbocycles. The minimum atomic E-state index is 0.292. The van der Waals surface area contributed by atoms with E-state index in [-0.39, 0.29) is 0 Å². The van der Waals surface area contributed by atoms with Crippen molar-refractivity contribution >= 4 is 49.9 Å². The third-order valence-corrected chi connectivity index (χ3v) is 4.82. The maximum atomic E-state index is 10.6. The number of rotatable bonds is 1. The van der Waals surface area contributed by atoms with Crippen molar-refractivity contribution in [3.8, 4) is 0 Å². The van der Waals surface area contributed by atoms with Gasteiger partial charge in [0.15, 0.2) is 0 Å². The molecule has 1 saturated heterocycles. The van der Waals surface area contributed by atoms with E-state index in [4.69, 9.17) is 0 Å². The lowest BCUT2D eigenvalue weighted by Gasteiger charge is -1.95. The Morgan fingerprint density at radius 1 is 1.75 bits per heavy atom. The molecule has 0 saturated carbocycles. The van der Waals surface area contributed by atoms with E-state index in [1.165, 1.54) is 0 Å². The molecule has 0 N–H and O–H groups in total.